The number of aromatic nitrogens is 4. The van der Waals surface area contributed by atoms with Gasteiger partial charge in [0.15, 0.2) is 5.65 Å². The van der Waals surface area contributed by atoms with Crippen LogP contribution in [0.2, 0.25) is 0 Å². The first-order chi connectivity index (χ1) is 14.2. The van der Waals surface area contributed by atoms with Gasteiger partial charge in [-0.2, -0.15) is 0 Å². The number of rotatable bonds is 5. The van der Waals surface area contributed by atoms with Crippen LogP contribution in [0.4, 0.5) is 10.3 Å². The number of nitrogens with zero attached hydrogens (tertiary/aromatic N) is 5. The van der Waals surface area contributed by atoms with Crippen LogP contribution >= 0.6 is 30.3 Å². The normalized spacial score (nSPS) is 16.6. The molecule has 0 saturated carbocycles. The summed E-state index contributed by atoms with van der Waals surface area (Å²) in [6.07, 6.45) is 7.35. The Labute approximate surface area is 183 Å². The van der Waals surface area contributed by atoms with Gasteiger partial charge in [0.2, 0.25) is 5.95 Å². The molecule has 2 aliphatic heterocycles. The van der Waals surface area contributed by atoms with Crippen molar-refractivity contribution in [3.05, 3.63) is 53.2 Å². The Kier molecular flexibility index (Phi) is 5.31. The highest BCUT2D eigenvalue weighted by atomic mass is 127. The van der Waals surface area contributed by atoms with Crippen LogP contribution in [0.25, 0.3) is 11.2 Å². The molecule has 5 rings (SSSR count). The van der Waals surface area contributed by atoms with Crippen molar-refractivity contribution >= 4 is 47.5 Å². The molecule has 3 aromatic rings. The maximum absolute atomic E-state index is 14.4. The summed E-state index contributed by atoms with van der Waals surface area (Å²) in [6.45, 7) is 2.80. The smallest absolute Gasteiger partial charge is 0.210 e. The average Bonchev–Trinajstić information content (AvgIpc) is 3.43. The molecule has 0 spiro atoms. The molecular formula is C19H18FIN6OS. The van der Waals surface area contributed by atoms with Crippen molar-refractivity contribution in [1.29, 1.82) is 0 Å². The fourth-order valence-electron chi connectivity index (χ4n) is 3.81. The molecule has 1 aromatic carbocycles. The summed E-state index contributed by atoms with van der Waals surface area (Å²) in [5.74, 6) is 1.12. The molecule has 4 heterocycles. The van der Waals surface area contributed by atoms with Crippen molar-refractivity contribution in [2.45, 2.75) is 19.4 Å². The van der Waals surface area contributed by atoms with Crippen LogP contribution in [0.1, 0.15) is 23.1 Å². The van der Waals surface area contributed by atoms with E-state index in [-0.39, 0.29) is 5.82 Å². The van der Waals surface area contributed by atoms with E-state index in [0.29, 0.717) is 24.7 Å². The molecule has 7 nitrogen and oxygen atoms in total. The van der Waals surface area contributed by atoms with Crippen molar-refractivity contribution in [3.63, 3.8) is 0 Å². The van der Waals surface area contributed by atoms with E-state index in [1.54, 1.807) is 21.5 Å². The molecule has 0 fully saturated rings. The predicted octanol–water partition coefficient (Wildman–Crippen LogP) is 3.90. The molecule has 2 aromatic heterocycles. The Morgan fingerprint density at radius 1 is 1.31 bits per heavy atom. The lowest BCUT2D eigenvalue weighted by Gasteiger charge is -2.23. The van der Waals surface area contributed by atoms with Gasteiger partial charge in [-0.1, -0.05) is 6.08 Å². The van der Waals surface area contributed by atoms with E-state index in [4.69, 9.17) is 4.74 Å². The van der Waals surface area contributed by atoms with Crippen LogP contribution in [-0.2, 0) is 13.0 Å². The Morgan fingerprint density at radius 3 is 3.07 bits per heavy atom. The van der Waals surface area contributed by atoms with Gasteiger partial charge in [0.1, 0.15) is 17.9 Å². The second-order valence-corrected chi connectivity index (χ2v) is 8.75. The van der Waals surface area contributed by atoms with Crippen LogP contribution < -0.4 is 10.1 Å². The Hall–Kier alpha value is -1.92. The molecule has 0 radical (unpaired) electrons. The number of halogens is 2. The van der Waals surface area contributed by atoms with E-state index in [0.717, 1.165) is 48.5 Å². The summed E-state index contributed by atoms with van der Waals surface area (Å²) in [7, 11) is 1.73. The van der Waals surface area contributed by atoms with Gasteiger partial charge in [-0.15, -0.1) is 10.2 Å². The van der Waals surface area contributed by atoms with E-state index >= 15 is 0 Å². The number of benzene rings is 1. The summed E-state index contributed by atoms with van der Waals surface area (Å²) >= 11 is 2.30. The van der Waals surface area contributed by atoms with Crippen molar-refractivity contribution in [2.75, 3.05) is 25.0 Å². The zero-order valence-electron chi connectivity index (χ0n) is 15.4. The molecule has 0 saturated heterocycles. The van der Waals surface area contributed by atoms with Crippen molar-refractivity contribution in [2.24, 2.45) is 0 Å². The lowest BCUT2D eigenvalue weighted by molar-refractivity contribution is 0.356. The second kappa shape index (κ2) is 8.07. The zero-order chi connectivity index (χ0) is 19.8. The first-order valence-corrected chi connectivity index (χ1v) is 12.6. The standard InChI is InChI=1S/C19H18FIN6OS/c20-16-1-2-17-13(5-8-28-17)15(16)10-23-19-22-9-14(18-25-24-11-27(18)19)12-3-6-26(29-21)7-4-12/h1-3,9,11H,4-8,10H2,(H,22,23). The Balaban J connectivity index is 1.43. The van der Waals surface area contributed by atoms with Gasteiger partial charge in [0.05, 0.1) is 6.61 Å². The first-order valence-electron chi connectivity index (χ1n) is 9.33. The molecule has 150 valence electrons. The average molecular weight is 524 g/mol. The van der Waals surface area contributed by atoms with Crippen LogP contribution in [0.15, 0.2) is 30.7 Å². The number of ether oxygens (including phenoxy) is 1. The number of hydrogen-bond acceptors (Lipinski definition) is 7. The molecule has 0 amide bonds. The van der Waals surface area contributed by atoms with Gasteiger partial charge in [0, 0.05) is 70.1 Å². The predicted molar refractivity (Wildman–Crippen MR) is 119 cm³/mol. The fourth-order valence-corrected chi connectivity index (χ4v) is 5.17. The van der Waals surface area contributed by atoms with Crippen LogP contribution in [-0.4, -0.2) is 43.6 Å². The largest absolute Gasteiger partial charge is 0.493 e. The number of anilines is 1. The molecule has 0 atom stereocenters. The molecule has 0 unspecified atom stereocenters. The van der Waals surface area contributed by atoms with Crippen molar-refractivity contribution < 1.29 is 9.13 Å². The van der Waals surface area contributed by atoms with Crippen molar-refractivity contribution in [1.82, 2.24) is 23.9 Å². The van der Waals surface area contributed by atoms with Gasteiger partial charge >= 0.3 is 0 Å². The third-order valence-corrected chi connectivity index (χ3v) is 7.51. The number of hydrogen-bond donors (Lipinski definition) is 1. The van der Waals surface area contributed by atoms with Crippen LogP contribution in [0.5, 0.6) is 5.75 Å². The third kappa shape index (κ3) is 3.57. The monoisotopic (exact) mass is 524 g/mol. The summed E-state index contributed by atoms with van der Waals surface area (Å²) in [5.41, 5.74) is 4.53. The fraction of sp³-hybridized carbons (Fsp3) is 0.316. The second-order valence-electron chi connectivity index (χ2n) is 6.91. The maximum atomic E-state index is 14.4. The van der Waals surface area contributed by atoms with Gasteiger partial charge in [0.25, 0.3) is 0 Å². The van der Waals surface area contributed by atoms with Gasteiger partial charge < -0.3 is 10.1 Å². The molecule has 1 N–H and O–H groups in total. The van der Waals surface area contributed by atoms with E-state index in [1.165, 1.54) is 11.6 Å². The molecular weight excluding hydrogens is 506 g/mol. The van der Waals surface area contributed by atoms with Gasteiger partial charge in [-0.05, 0) is 33.2 Å². The third-order valence-electron chi connectivity index (χ3n) is 5.31. The SMILES string of the molecule is Fc1ccc2c(c1CNc1ncc(C3=CCN(SI)CC3)c3nncn13)CCO2. The molecule has 29 heavy (non-hydrogen) atoms. The quantitative estimate of drug-likeness (QED) is 0.401. The topological polar surface area (TPSA) is 67.6 Å². The van der Waals surface area contributed by atoms with Crippen LogP contribution in [0, 0.1) is 5.82 Å². The lowest BCUT2D eigenvalue weighted by Crippen LogP contribution is -2.20. The summed E-state index contributed by atoms with van der Waals surface area (Å²) in [4.78, 5) is 4.59. The summed E-state index contributed by atoms with van der Waals surface area (Å²) in [5, 5.41) is 11.6. The van der Waals surface area contributed by atoms with E-state index in [2.05, 4.69) is 52.1 Å². The molecule has 0 aliphatic carbocycles. The lowest BCUT2D eigenvalue weighted by atomic mass is 10.0. The van der Waals surface area contributed by atoms with Gasteiger partial charge in [-0.25, -0.2) is 13.7 Å². The minimum Gasteiger partial charge on any atom is -0.493 e. The number of nitrogens with one attached hydrogen (secondary N) is 1. The Bertz CT molecular complexity index is 1100. The van der Waals surface area contributed by atoms with Gasteiger partial charge in [-0.3, -0.25) is 4.40 Å². The summed E-state index contributed by atoms with van der Waals surface area (Å²) < 4.78 is 24.1. The first kappa shape index (κ1) is 19.1. The van der Waals surface area contributed by atoms with E-state index < -0.39 is 0 Å². The van der Waals surface area contributed by atoms with Crippen LogP contribution in [0.3, 0.4) is 0 Å². The highest BCUT2D eigenvalue weighted by Crippen LogP contribution is 2.32. The summed E-state index contributed by atoms with van der Waals surface area (Å²) in [6, 6.07) is 3.15. The zero-order valence-corrected chi connectivity index (χ0v) is 18.4. The molecule has 0 bridgehead atoms. The maximum Gasteiger partial charge on any atom is 0.210 e. The number of fused-ring (bicyclic) bond motifs is 2. The minimum atomic E-state index is -0.233. The van der Waals surface area contributed by atoms with Crippen molar-refractivity contribution in [3.8, 4) is 5.75 Å². The highest BCUT2D eigenvalue weighted by Gasteiger charge is 2.21. The molecule has 2 aliphatic rings. The van der Waals surface area contributed by atoms with E-state index in [1.807, 2.05) is 10.6 Å². The minimum absolute atomic E-state index is 0.233. The molecule has 10 heteroatoms. The highest BCUT2D eigenvalue weighted by molar-refractivity contribution is 14.2. The van der Waals surface area contributed by atoms with E-state index in [9.17, 15) is 4.39 Å². The Morgan fingerprint density at radius 2 is 2.24 bits per heavy atom.